The van der Waals surface area contributed by atoms with Gasteiger partial charge in [-0.3, -0.25) is 0 Å². The van der Waals surface area contributed by atoms with Crippen LogP contribution in [0.5, 0.6) is 0 Å². The van der Waals surface area contributed by atoms with Gasteiger partial charge in [0.25, 0.3) is 0 Å². The summed E-state index contributed by atoms with van der Waals surface area (Å²) >= 11 is 0. The number of benzene rings is 1. The first-order valence-electron chi connectivity index (χ1n) is 7.16. The molecule has 0 aromatic heterocycles. The van der Waals surface area contributed by atoms with E-state index < -0.39 is 11.2 Å². The summed E-state index contributed by atoms with van der Waals surface area (Å²) in [5.74, 6) is 0. The van der Waals surface area contributed by atoms with Gasteiger partial charge in [-0.05, 0) is 44.6 Å². The van der Waals surface area contributed by atoms with Gasteiger partial charge in [0.15, 0.2) is 0 Å². The third-order valence-corrected chi connectivity index (χ3v) is 3.75. The zero-order chi connectivity index (χ0) is 15.1. The van der Waals surface area contributed by atoms with E-state index in [1.165, 1.54) is 0 Å². The average Bonchev–Trinajstić information content (AvgIpc) is 2.40. The lowest BCUT2D eigenvalue weighted by Crippen LogP contribution is -2.28. The molecule has 110 valence electrons. The van der Waals surface area contributed by atoms with Crippen molar-refractivity contribution in [3.8, 4) is 0 Å². The quantitative estimate of drug-likeness (QED) is 0.669. The lowest BCUT2D eigenvalue weighted by molar-refractivity contribution is 0.0127. The third-order valence-electron chi connectivity index (χ3n) is 3.75. The number of aliphatic hydroxyl groups is 2. The Kier molecular flexibility index (Phi) is 6.18. The third kappa shape index (κ3) is 4.95. The van der Waals surface area contributed by atoms with Crippen LogP contribution in [0.4, 0.5) is 0 Å². The van der Waals surface area contributed by atoms with E-state index in [-0.39, 0.29) is 0 Å². The van der Waals surface area contributed by atoms with Crippen LogP contribution >= 0.6 is 0 Å². The van der Waals surface area contributed by atoms with Crippen LogP contribution < -0.4 is 0 Å². The van der Waals surface area contributed by atoms with Crippen molar-refractivity contribution in [2.24, 2.45) is 0 Å². The van der Waals surface area contributed by atoms with E-state index in [4.69, 9.17) is 0 Å². The van der Waals surface area contributed by atoms with E-state index in [9.17, 15) is 10.2 Å². The highest BCUT2D eigenvalue weighted by Crippen LogP contribution is 2.30. The van der Waals surface area contributed by atoms with Crippen molar-refractivity contribution in [3.05, 3.63) is 61.2 Å². The van der Waals surface area contributed by atoms with Crippen LogP contribution in [0, 0.1) is 0 Å². The lowest BCUT2D eigenvalue weighted by Gasteiger charge is -2.29. The van der Waals surface area contributed by atoms with Crippen LogP contribution in [0.25, 0.3) is 0 Å². The molecular formula is C18H26O2. The molecule has 0 radical (unpaired) electrons. The van der Waals surface area contributed by atoms with Crippen LogP contribution in [0.2, 0.25) is 0 Å². The zero-order valence-electron chi connectivity index (χ0n) is 12.4. The highest BCUT2D eigenvalue weighted by molar-refractivity contribution is 5.21. The lowest BCUT2D eigenvalue weighted by atomic mass is 9.85. The van der Waals surface area contributed by atoms with Crippen molar-refractivity contribution < 1.29 is 10.2 Å². The standard InChI is InChI=1S/C18H26O2/c1-4-12-18(20,13-5-2)15-9-14-17(3,19)16-10-7-6-8-11-16/h4-8,10-11,19-20H,1-2,9,12-15H2,3H3. The normalized spacial score (nSPS) is 14.6. The van der Waals surface area contributed by atoms with Crippen molar-refractivity contribution in [1.29, 1.82) is 0 Å². The smallest absolute Gasteiger partial charge is 0.0868 e. The van der Waals surface area contributed by atoms with Gasteiger partial charge < -0.3 is 10.2 Å². The van der Waals surface area contributed by atoms with Gasteiger partial charge in [-0.2, -0.15) is 0 Å². The monoisotopic (exact) mass is 274 g/mol. The summed E-state index contributed by atoms with van der Waals surface area (Å²) in [6.07, 6.45) is 6.57. The van der Waals surface area contributed by atoms with E-state index >= 15 is 0 Å². The fourth-order valence-corrected chi connectivity index (χ4v) is 2.53. The van der Waals surface area contributed by atoms with Gasteiger partial charge in [-0.15, -0.1) is 13.2 Å². The number of hydrogen-bond acceptors (Lipinski definition) is 2. The van der Waals surface area contributed by atoms with Crippen molar-refractivity contribution in [2.75, 3.05) is 0 Å². The summed E-state index contributed by atoms with van der Waals surface area (Å²) in [6, 6.07) is 9.65. The van der Waals surface area contributed by atoms with Gasteiger partial charge in [0, 0.05) is 0 Å². The molecule has 0 amide bonds. The van der Waals surface area contributed by atoms with Crippen LogP contribution in [-0.2, 0) is 5.60 Å². The molecule has 1 aromatic carbocycles. The van der Waals surface area contributed by atoms with Crippen LogP contribution in [0.1, 0.15) is 44.6 Å². The van der Waals surface area contributed by atoms with Gasteiger partial charge in [0.05, 0.1) is 11.2 Å². The Hall–Kier alpha value is -1.38. The van der Waals surface area contributed by atoms with E-state index in [0.717, 1.165) is 12.0 Å². The maximum absolute atomic E-state index is 10.5. The number of hydrogen-bond donors (Lipinski definition) is 2. The molecule has 0 aliphatic rings. The Morgan fingerprint density at radius 1 is 1.00 bits per heavy atom. The minimum absolute atomic E-state index is 0.548. The number of rotatable bonds is 9. The van der Waals surface area contributed by atoms with Crippen molar-refractivity contribution in [3.63, 3.8) is 0 Å². The topological polar surface area (TPSA) is 40.5 Å². The predicted molar refractivity (Wildman–Crippen MR) is 84.4 cm³/mol. The molecule has 1 rings (SSSR count). The maximum Gasteiger partial charge on any atom is 0.0868 e. The minimum Gasteiger partial charge on any atom is -0.389 e. The van der Waals surface area contributed by atoms with Gasteiger partial charge >= 0.3 is 0 Å². The first-order chi connectivity index (χ1) is 9.43. The summed E-state index contributed by atoms with van der Waals surface area (Å²) in [5.41, 5.74) is -0.725. The Balaban J connectivity index is 2.58. The summed E-state index contributed by atoms with van der Waals surface area (Å²) in [4.78, 5) is 0. The molecule has 1 aromatic rings. The molecule has 0 aliphatic heterocycles. The fraction of sp³-hybridized carbons (Fsp3) is 0.444. The molecule has 2 heteroatoms. The minimum atomic E-state index is -0.857. The average molecular weight is 274 g/mol. The molecule has 0 fully saturated rings. The Morgan fingerprint density at radius 3 is 2.05 bits per heavy atom. The van der Waals surface area contributed by atoms with Crippen LogP contribution in [0.15, 0.2) is 55.6 Å². The first-order valence-corrected chi connectivity index (χ1v) is 7.16. The maximum atomic E-state index is 10.5. The van der Waals surface area contributed by atoms with Crippen molar-refractivity contribution in [1.82, 2.24) is 0 Å². The van der Waals surface area contributed by atoms with Gasteiger partial charge in [-0.1, -0.05) is 42.5 Å². The van der Waals surface area contributed by atoms with E-state index in [1.54, 1.807) is 12.2 Å². The molecule has 0 aliphatic carbocycles. The van der Waals surface area contributed by atoms with E-state index in [0.29, 0.717) is 25.7 Å². The molecule has 0 heterocycles. The fourth-order valence-electron chi connectivity index (χ4n) is 2.53. The predicted octanol–water partition coefficient (Wildman–Crippen LogP) is 3.95. The van der Waals surface area contributed by atoms with E-state index in [2.05, 4.69) is 13.2 Å². The van der Waals surface area contributed by atoms with Gasteiger partial charge in [-0.25, -0.2) is 0 Å². The molecule has 1 atom stereocenters. The molecule has 0 saturated heterocycles. The molecule has 0 spiro atoms. The van der Waals surface area contributed by atoms with Gasteiger partial charge in [0.1, 0.15) is 0 Å². The molecule has 2 nitrogen and oxygen atoms in total. The summed E-state index contributed by atoms with van der Waals surface area (Å²) in [5, 5.41) is 21.0. The summed E-state index contributed by atoms with van der Waals surface area (Å²) < 4.78 is 0. The Morgan fingerprint density at radius 2 is 1.55 bits per heavy atom. The second-order valence-corrected chi connectivity index (χ2v) is 5.70. The van der Waals surface area contributed by atoms with Gasteiger partial charge in [0.2, 0.25) is 0 Å². The largest absolute Gasteiger partial charge is 0.389 e. The SMILES string of the molecule is C=CCC(O)(CC=C)CCCC(C)(O)c1ccccc1. The highest BCUT2D eigenvalue weighted by Gasteiger charge is 2.27. The first kappa shape index (κ1) is 16.7. The molecule has 0 bridgehead atoms. The molecule has 2 N–H and O–H groups in total. The second kappa shape index (κ2) is 7.41. The Bertz CT molecular complexity index is 410. The van der Waals surface area contributed by atoms with E-state index in [1.807, 2.05) is 37.3 Å². The van der Waals surface area contributed by atoms with Crippen LogP contribution in [-0.4, -0.2) is 15.8 Å². The molecule has 1 unspecified atom stereocenters. The molecule has 20 heavy (non-hydrogen) atoms. The van der Waals surface area contributed by atoms with Crippen LogP contribution in [0.3, 0.4) is 0 Å². The Labute approximate surface area is 122 Å². The zero-order valence-corrected chi connectivity index (χ0v) is 12.4. The van der Waals surface area contributed by atoms with Crippen molar-refractivity contribution >= 4 is 0 Å². The molecular weight excluding hydrogens is 248 g/mol. The summed E-state index contributed by atoms with van der Waals surface area (Å²) in [7, 11) is 0. The van der Waals surface area contributed by atoms with Crippen molar-refractivity contribution in [2.45, 2.75) is 50.2 Å². The molecule has 0 saturated carbocycles. The summed E-state index contributed by atoms with van der Waals surface area (Å²) in [6.45, 7) is 9.20. The second-order valence-electron chi connectivity index (χ2n) is 5.70. The highest BCUT2D eigenvalue weighted by atomic mass is 16.3.